The number of aliphatic carboxylic acids is 1. The van der Waals surface area contributed by atoms with E-state index in [0.29, 0.717) is 30.6 Å². The number of nitrogens with zero attached hydrogens (tertiary/aromatic N) is 1. The zero-order chi connectivity index (χ0) is 20.9. The highest BCUT2D eigenvalue weighted by Gasteiger charge is 2.38. The van der Waals surface area contributed by atoms with Gasteiger partial charge in [-0.25, -0.2) is 9.18 Å². The third-order valence-corrected chi connectivity index (χ3v) is 4.09. The minimum Gasteiger partial charge on any atom is -0.475 e. The predicted octanol–water partition coefficient (Wildman–Crippen LogP) is 2.07. The summed E-state index contributed by atoms with van der Waals surface area (Å²) in [6.07, 6.45) is -2.72. The molecule has 0 saturated carbocycles. The van der Waals surface area contributed by atoms with Crippen molar-refractivity contribution in [3.8, 4) is 0 Å². The van der Waals surface area contributed by atoms with Gasteiger partial charge in [0.25, 0.3) is 5.91 Å². The molecule has 0 aliphatic carbocycles. The Kier molecular flexibility index (Phi) is 6.73. The molecule has 0 unspecified atom stereocenters. The number of carbonyl (C=O) groups is 2. The van der Waals surface area contributed by atoms with Gasteiger partial charge in [-0.2, -0.15) is 18.3 Å². The van der Waals surface area contributed by atoms with Gasteiger partial charge in [-0.15, -0.1) is 0 Å². The molecule has 0 bridgehead atoms. The molecule has 28 heavy (non-hydrogen) atoms. The second-order valence-corrected chi connectivity index (χ2v) is 5.98. The van der Waals surface area contributed by atoms with Crippen LogP contribution in [0.2, 0.25) is 0 Å². The Balaban J connectivity index is 0.000000345. The number of alkyl halides is 3. The quantitative estimate of drug-likeness (QED) is 0.588. The Hall–Kier alpha value is -2.95. The molecule has 1 aromatic carbocycles. The van der Waals surface area contributed by atoms with E-state index in [9.17, 15) is 22.4 Å². The summed E-state index contributed by atoms with van der Waals surface area (Å²) >= 11 is 0. The number of rotatable bonds is 3. The van der Waals surface area contributed by atoms with Crippen LogP contribution in [-0.4, -0.2) is 39.9 Å². The summed E-state index contributed by atoms with van der Waals surface area (Å²) < 4.78 is 45.5. The first-order valence-corrected chi connectivity index (χ1v) is 8.19. The lowest BCUT2D eigenvalue weighted by atomic mass is 9.94. The maximum absolute atomic E-state index is 13.8. The van der Waals surface area contributed by atoms with E-state index in [1.54, 1.807) is 12.3 Å². The Morgan fingerprint density at radius 1 is 1.29 bits per heavy atom. The van der Waals surface area contributed by atoms with Crippen molar-refractivity contribution < 1.29 is 32.3 Å². The van der Waals surface area contributed by atoms with Gasteiger partial charge in [0.2, 0.25) is 0 Å². The van der Waals surface area contributed by atoms with Crippen molar-refractivity contribution in [2.75, 3.05) is 6.54 Å². The van der Waals surface area contributed by atoms with Crippen molar-refractivity contribution in [1.29, 1.82) is 0 Å². The van der Waals surface area contributed by atoms with E-state index in [1.807, 2.05) is 6.92 Å². The minimum absolute atomic E-state index is 0.172. The Morgan fingerprint density at radius 3 is 2.54 bits per heavy atom. The lowest BCUT2D eigenvalue weighted by Crippen LogP contribution is -2.30. The number of carboxylic acid groups (broad SMARTS) is 1. The zero-order valence-corrected chi connectivity index (χ0v) is 14.8. The van der Waals surface area contributed by atoms with Crippen LogP contribution in [-0.2, 0) is 24.3 Å². The number of aryl methyl sites for hydroxylation is 1. The van der Waals surface area contributed by atoms with Crippen molar-refractivity contribution in [1.82, 2.24) is 20.8 Å². The molecule has 0 fully saturated rings. The van der Waals surface area contributed by atoms with Gasteiger partial charge >= 0.3 is 12.1 Å². The smallest absolute Gasteiger partial charge is 0.475 e. The van der Waals surface area contributed by atoms with E-state index in [-0.39, 0.29) is 11.7 Å². The molecule has 11 heteroatoms. The first-order chi connectivity index (χ1) is 13.1. The molecule has 7 nitrogen and oxygen atoms in total. The fraction of sp³-hybridized carbons (Fsp3) is 0.353. The van der Waals surface area contributed by atoms with Crippen LogP contribution in [0.5, 0.6) is 0 Å². The highest BCUT2D eigenvalue weighted by Crippen LogP contribution is 2.22. The molecule has 2 heterocycles. The molecule has 3 rings (SSSR count). The molecule has 0 spiro atoms. The van der Waals surface area contributed by atoms with Gasteiger partial charge in [-0.05, 0) is 37.6 Å². The number of aromatic nitrogens is 2. The van der Waals surface area contributed by atoms with Gasteiger partial charge in [-0.1, -0.05) is 0 Å². The van der Waals surface area contributed by atoms with Crippen molar-refractivity contribution in [2.45, 2.75) is 32.6 Å². The van der Waals surface area contributed by atoms with Gasteiger partial charge in [0.15, 0.2) is 0 Å². The summed E-state index contributed by atoms with van der Waals surface area (Å²) in [5.74, 6) is -3.18. The first kappa shape index (κ1) is 21.4. The number of carbonyl (C=O) groups excluding carboxylic acids is 1. The Morgan fingerprint density at radius 2 is 1.96 bits per heavy atom. The molecule has 1 aliphatic heterocycles. The summed E-state index contributed by atoms with van der Waals surface area (Å²) in [5.41, 5.74) is 3.86. The average Bonchev–Trinajstić information content (AvgIpc) is 3.05. The monoisotopic (exact) mass is 402 g/mol. The van der Waals surface area contributed by atoms with E-state index >= 15 is 0 Å². The number of H-pyrrole nitrogens is 1. The van der Waals surface area contributed by atoms with Crippen LogP contribution in [0, 0.1) is 12.7 Å². The second kappa shape index (κ2) is 8.83. The largest absolute Gasteiger partial charge is 0.490 e. The minimum atomic E-state index is -5.08. The number of carboxylic acids is 1. The predicted molar refractivity (Wildman–Crippen MR) is 90.0 cm³/mol. The van der Waals surface area contributed by atoms with E-state index < -0.39 is 12.1 Å². The summed E-state index contributed by atoms with van der Waals surface area (Å²) in [5, 5.41) is 19.9. The van der Waals surface area contributed by atoms with Crippen LogP contribution in [0.1, 0.15) is 32.7 Å². The van der Waals surface area contributed by atoms with Crippen LogP contribution < -0.4 is 10.6 Å². The maximum atomic E-state index is 13.8. The normalized spacial score (nSPS) is 13.2. The fourth-order valence-electron chi connectivity index (χ4n) is 2.61. The number of hydrogen-bond acceptors (Lipinski definition) is 4. The molecule has 4 N–H and O–H groups in total. The number of hydrogen-bond donors (Lipinski definition) is 4. The number of fused-ring (bicyclic) bond motifs is 1. The lowest BCUT2D eigenvalue weighted by Gasteiger charge is -2.20. The standard InChI is InChI=1S/C15H17FN4O.C2HF3O2/c1-9-10(7-19-20-9)6-18-15(21)12-2-3-14(16)13-8-17-5-4-11(12)13;3-2(4,5)1(6)7/h2-3,7,17H,4-6,8H2,1H3,(H,18,21)(H,19,20);(H,6,7). The topological polar surface area (TPSA) is 107 Å². The first-order valence-electron chi connectivity index (χ1n) is 8.19. The molecule has 0 saturated heterocycles. The molecule has 152 valence electrons. The summed E-state index contributed by atoms with van der Waals surface area (Å²) in [6.45, 7) is 3.55. The summed E-state index contributed by atoms with van der Waals surface area (Å²) in [6, 6.07) is 2.93. The number of amides is 1. The molecule has 1 aliphatic rings. The molecule has 0 atom stereocenters. The molecular weight excluding hydrogens is 384 g/mol. The number of halogens is 4. The second-order valence-electron chi connectivity index (χ2n) is 5.98. The van der Waals surface area contributed by atoms with E-state index in [0.717, 1.165) is 23.4 Å². The molecule has 2 aromatic rings. The van der Waals surface area contributed by atoms with Crippen LogP contribution in [0.3, 0.4) is 0 Å². The number of benzene rings is 1. The van der Waals surface area contributed by atoms with E-state index in [2.05, 4.69) is 20.8 Å². The Bertz CT molecular complexity index is 865. The molecule has 1 amide bonds. The fourth-order valence-corrected chi connectivity index (χ4v) is 2.61. The zero-order valence-electron chi connectivity index (χ0n) is 14.8. The van der Waals surface area contributed by atoms with Crippen molar-refractivity contribution in [2.24, 2.45) is 0 Å². The molecule has 1 aromatic heterocycles. The van der Waals surface area contributed by atoms with Gasteiger partial charge in [0.1, 0.15) is 5.82 Å². The number of aromatic amines is 1. The van der Waals surface area contributed by atoms with Gasteiger partial charge in [0, 0.05) is 35.5 Å². The maximum Gasteiger partial charge on any atom is 0.490 e. The average molecular weight is 402 g/mol. The van der Waals surface area contributed by atoms with Crippen LogP contribution in [0.4, 0.5) is 17.6 Å². The van der Waals surface area contributed by atoms with Crippen molar-refractivity contribution >= 4 is 11.9 Å². The molecule has 0 radical (unpaired) electrons. The number of nitrogens with one attached hydrogen (secondary N) is 3. The van der Waals surface area contributed by atoms with Gasteiger partial charge in [0.05, 0.1) is 6.20 Å². The highest BCUT2D eigenvalue weighted by atomic mass is 19.4. The van der Waals surface area contributed by atoms with Crippen LogP contribution >= 0.6 is 0 Å². The summed E-state index contributed by atoms with van der Waals surface area (Å²) in [4.78, 5) is 21.2. The van der Waals surface area contributed by atoms with E-state index in [4.69, 9.17) is 9.90 Å². The SMILES string of the molecule is Cc1[nH]ncc1CNC(=O)c1ccc(F)c2c1CCNC2.O=C(O)C(F)(F)F. The van der Waals surface area contributed by atoms with Gasteiger partial charge in [-0.3, -0.25) is 9.89 Å². The third kappa shape index (κ3) is 5.28. The highest BCUT2D eigenvalue weighted by molar-refractivity contribution is 5.96. The van der Waals surface area contributed by atoms with Crippen LogP contribution in [0.25, 0.3) is 0 Å². The summed E-state index contributed by atoms with van der Waals surface area (Å²) in [7, 11) is 0. The lowest BCUT2D eigenvalue weighted by molar-refractivity contribution is -0.192. The Labute approximate surface area is 157 Å². The third-order valence-electron chi connectivity index (χ3n) is 4.09. The van der Waals surface area contributed by atoms with E-state index in [1.165, 1.54) is 6.07 Å². The van der Waals surface area contributed by atoms with Gasteiger partial charge < -0.3 is 15.7 Å². The molecular formula is C17H18F4N4O3. The van der Waals surface area contributed by atoms with Crippen molar-refractivity contribution in [3.63, 3.8) is 0 Å². The van der Waals surface area contributed by atoms with Crippen molar-refractivity contribution in [3.05, 3.63) is 52.1 Å². The van der Waals surface area contributed by atoms with Crippen LogP contribution in [0.15, 0.2) is 18.3 Å².